The van der Waals surface area contributed by atoms with Crippen LogP contribution in [0.15, 0.2) is 72.8 Å². The quantitative estimate of drug-likeness (QED) is 0.486. The molecule has 0 bridgehead atoms. The molecule has 0 spiro atoms. The van der Waals surface area contributed by atoms with E-state index >= 15 is 0 Å². The number of ether oxygens (including phenoxy) is 2. The second kappa shape index (κ2) is 8.13. The summed E-state index contributed by atoms with van der Waals surface area (Å²) in [7, 11) is 0. The molecule has 160 valence electrons. The number of aromatic nitrogens is 2. The zero-order valence-corrected chi connectivity index (χ0v) is 17.8. The molecule has 0 amide bonds. The lowest BCUT2D eigenvalue weighted by Gasteiger charge is -2.36. The van der Waals surface area contributed by atoms with Crippen molar-refractivity contribution in [3.63, 3.8) is 0 Å². The van der Waals surface area contributed by atoms with Crippen molar-refractivity contribution < 1.29 is 9.47 Å². The van der Waals surface area contributed by atoms with Gasteiger partial charge in [-0.2, -0.15) is 0 Å². The van der Waals surface area contributed by atoms with Crippen molar-refractivity contribution in [3.05, 3.63) is 78.4 Å². The molecule has 1 saturated heterocycles. The SMILES string of the molecule is c1ccc(-c2nc(N3CCN(Cc4ccc5c(c4)OCO5)CC3)c3ccccc3n2)cc1. The molecule has 6 nitrogen and oxygen atoms in total. The second-order valence-corrected chi connectivity index (χ2v) is 8.20. The van der Waals surface area contributed by atoms with E-state index in [4.69, 9.17) is 19.4 Å². The summed E-state index contributed by atoms with van der Waals surface area (Å²) in [5, 5.41) is 1.11. The average Bonchev–Trinajstić information content (AvgIpc) is 3.32. The Balaban J connectivity index is 1.23. The van der Waals surface area contributed by atoms with E-state index in [9.17, 15) is 0 Å². The first-order valence-corrected chi connectivity index (χ1v) is 11.0. The van der Waals surface area contributed by atoms with E-state index in [1.54, 1.807) is 0 Å². The monoisotopic (exact) mass is 424 g/mol. The highest BCUT2D eigenvalue weighted by Crippen LogP contribution is 2.33. The second-order valence-electron chi connectivity index (χ2n) is 8.20. The highest BCUT2D eigenvalue weighted by Gasteiger charge is 2.22. The Labute approximate surface area is 187 Å². The van der Waals surface area contributed by atoms with Gasteiger partial charge in [0, 0.05) is 43.7 Å². The van der Waals surface area contributed by atoms with Crippen molar-refractivity contribution in [1.29, 1.82) is 0 Å². The Morgan fingerprint density at radius 1 is 0.750 bits per heavy atom. The number of para-hydroxylation sites is 1. The van der Waals surface area contributed by atoms with Gasteiger partial charge in [-0.25, -0.2) is 9.97 Å². The fraction of sp³-hybridized carbons (Fsp3) is 0.231. The molecule has 0 radical (unpaired) electrons. The Morgan fingerprint density at radius 2 is 1.53 bits per heavy atom. The summed E-state index contributed by atoms with van der Waals surface area (Å²) in [6, 6.07) is 24.7. The Kier molecular flexibility index (Phi) is 4.85. The van der Waals surface area contributed by atoms with E-state index in [0.717, 1.165) is 72.3 Å². The van der Waals surface area contributed by atoms with Crippen LogP contribution in [0.3, 0.4) is 0 Å². The largest absolute Gasteiger partial charge is 0.454 e. The van der Waals surface area contributed by atoms with Crippen molar-refractivity contribution in [2.24, 2.45) is 0 Å². The maximum Gasteiger partial charge on any atom is 0.231 e. The summed E-state index contributed by atoms with van der Waals surface area (Å²) in [6.07, 6.45) is 0. The maximum atomic E-state index is 5.53. The standard InChI is InChI=1S/C26H24N4O2/c1-2-6-20(7-3-1)25-27-22-9-5-4-8-21(22)26(28-25)30-14-12-29(13-15-30)17-19-10-11-23-24(16-19)32-18-31-23/h1-11,16H,12-15,17-18H2. The summed E-state index contributed by atoms with van der Waals surface area (Å²) < 4.78 is 11.0. The summed E-state index contributed by atoms with van der Waals surface area (Å²) in [5.41, 5.74) is 3.28. The topological polar surface area (TPSA) is 50.7 Å². The smallest absolute Gasteiger partial charge is 0.231 e. The summed E-state index contributed by atoms with van der Waals surface area (Å²) in [4.78, 5) is 14.7. The van der Waals surface area contributed by atoms with Gasteiger partial charge in [0.2, 0.25) is 6.79 Å². The predicted octanol–water partition coefficient (Wildman–Crippen LogP) is 4.35. The fourth-order valence-corrected chi connectivity index (χ4v) is 4.43. The first-order valence-electron chi connectivity index (χ1n) is 11.0. The highest BCUT2D eigenvalue weighted by molar-refractivity contribution is 5.91. The molecule has 1 aromatic heterocycles. The van der Waals surface area contributed by atoms with Gasteiger partial charge in [-0.3, -0.25) is 4.90 Å². The van der Waals surface area contributed by atoms with Crippen LogP contribution < -0.4 is 14.4 Å². The number of hydrogen-bond acceptors (Lipinski definition) is 6. The van der Waals surface area contributed by atoms with Crippen LogP contribution in [0.2, 0.25) is 0 Å². The maximum absolute atomic E-state index is 5.53. The minimum Gasteiger partial charge on any atom is -0.454 e. The van der Waals surface area contributed by atoms with E-state index in [-0.39, 0.29) is 0 Å². The van der Waals surface area contributed by atoms with Crippen LogP contribution in [-0.4, -0.2) is 47.8 Å². The Bertz CT molecular complexity index is 1250. The number of hydrogen-bond donors (Lipinski definition) is 0. The number of rotatable bonds is 4. The number of piperazine rings is 1. The van der Waals surface area contributed by atoms with Crippen LogP contribution in [0, 0.1) is 0 Å². The third-order valence-electron chi connectivity index (χ3n) is 6.13. The van der Waals surface area contributed by atoms with Gasteiger partial charge in [-0.15, -0.1) is 0 Å². The van der Waals surface area contributed by atoms with E-state index in [2.05, 4.69) is 52.3 Å². The molecule has 2 aliphatic heterocycles. The highest BCUT2D eigenvalue weighted by atomic mass is 16.7. The summed E-state index contributed by atoms with van der Waals surface area (Å²) >= 11 is 0. The molecule has 6 heteroatoms. The molecule has 4 aromatic rings. The van der Waals surface area contributed by atoms with Crippen molar-refractivity contribution in [2.75, 3.05) is 37.9 Å². The molecule has 0 aliphatic carbocycles. The van der Waals surface area contributed by atoms with Crippen LogP contribution >= 0.6 is 0 Å². The number of benzene rings is 3. The number of fused-ring (bicyclic) bond motifs is 2. The minimum absolute atomic E-state index is 0.315. The molecule has 2 aliphatic rings. The molecule has 0 unspecified atom stereocenters. The summed E-state index contributed by atoms with van der Waals surface area (Å²) in [5.74, 6) is 3.49. The molecule has 0 saturated carbocycles. The zero-order chi connectivity index (χ0) is 21.3. The molecule has 3 heterocycles. The van der Waals surface area contributed by atoms with Gasteiger partial charge < -0.3 is 14.4 Å². The van der Waals surface area contributed by atoms with Gasteiger partial charge in [-0.1, -0.05) is 48.5 Å². The number of anilines is 1. The molecule has 1 fully saturated rings. The summed E-state index contributed by atoms with van der Waals surface area (Å²) in [6.45, 7) is 5.04. The first kappa shape index (κ1) is 19.1. The lowest BCUT2D eigenvalue weighted by molar-refractivity contribution is 0.174. The van der Waals surface area contributed by atoms with E-state index < -0.39 is 0 Å². The van der Waals surface area contributed by atoms with Crippen LogP contribution in [0.4, 0.5) is 5.82 Å². The normalized spacial score (nSPS) is 15.9. The van der Waals surface area contributed by atoms with Gasteiger partial charge >= 0.3 is 0 Å². The van der Waals surface area contributed by atoms with Crippen molar-refractivity contribution >= 4 is 16.7 Å². The molecule has 0 atom stereocenters. The van der Waals surface area contributed by atoms with Crippen molar-refractivity contribution in [3.8, 4) is 22.9 Å². The van der Waals surface area contributed by atoms with Crippen molar-refractivity contribution in [1.82, 2.24) is 14.9 Å². The van der Waals surface area contributed by atoms with E-state index in [1.165, 1.54) is 5.56 Å². The third kappa shape index (κ3) is 3.63. The Hall–Kier alpha value is -3.64. The predicted molar refractivity (Wildman–Crippen MR) is 125 cm³/mol. The van der Waals surface area contributed by atoms with Gasteiger partial charge in [0.25, 0.3) is 0 Å². The molecule has 0 N–H and O–H groups in total. The van der Waals surface area contributed by atoms with E-state index in [0.29, 0.717) is 6.79 Å². The Morgan fingerprint density at radius 3 is 2.41 bits per heavy atom. The first-order chi connectivity index (χ1) is 15.8. The van der Waals surface area contributed by atoms with Gasteiger partial charge in [0.1, 0.15) is 5.82 Å². The molecule has 6 rings (SSSR count). The fourth-order valence-electron chi connectivity index (χ4n) is 4.43. The van der Waals surface area contributed by atoms with Crippen LogP contribution in [0.5, 0.6) is 11.5 Å². The lowest BCUT2D eigenvalue weighted by atomic mass is 10.1. The van der Waals surface area contributed by atoms with Gasteiger partial charge in [0.15, 0.2) is 17.3 Å². The van der Waals surface area contributed by atoms with Gasteiger partial charge in [0.05, 0.1) is 5.52 Å². The van der Waals surface area contributed by atoms with Crippen molar-refractivity contribution in [2.45, 2.75) is 6.54 Å². The third-order valence-corrected chi connectivity index (χ3v) is 6.13. The molecular formula is C26H24N4O2. The van der Waals surface area contributed by atoms with Gasteiger partial charge in [-0.05, 0) is 29.8 Å². The molecular weight excluding hydrogens is 400 g/mol. The average molecular weight is 425 g/mol. The van der Waals surface area contributed by atoms with E-state index in [1.807, 2.05) is 30.3 Å². The van der Waals surface area contributed by atoms with Crippen LogP contribution in [-0.2, 0) is 6.54 Å². The molecule has 32 heavy (non-hydrogen) atoms. The van der Waals surface area contributed by atoms with Crippen LogP contribution in [0.25, 0.3) is 22.3 Å². The minimum atomic E-state index is 0.315. The molecule has 3 aromatic carbocycles. The van der Waals surface area contributed by atoms with Crippen LogP contribution in [0.1, 0.15) is 5.56 Å². The lowest BCUT2D eigenvalue weighted by Crippen LogP contribution is -2.46. The zero-order valence-electron chi connectivity index (χ0n) is 17.8. The number of nitrogens with zero attached hydrogens (tertiary/aromatic N) is 4.